The summed E-state index contributed by atoms with van der Waals surface area (Å²) < 4.78 is 11.8. The van der Waals surface area contributed by atoms with E-state index < -0.39 is 5.67 Å². The third kappa shape index (κ3) is 6.66. The first-order valence-corrected chi connectivity index (χ1v) is 12.1. The molecule has 4 rings (SSSR count). The number of aromatic nitrogens is 2. The van der Waals surface area contributed by atoms with Gasteiger partial charge in [-0.2, -0.15) is 5.26 Å². The van der Waals surface area contributed by atoms with E-state index in [0.717, 1.165) is 43.1 Å². The van der Waals surface area contributed by atoms with Crippen molar-refractivity contribution in [3.63, 3.8) is 0 Å². The Morgan fingerprint density at radius 3 is 2.43 bits per heavy atom. The Labute approximate surface area is 215 Å². The first kappa shape index (κ1) is 26.8. The van der Waals surface area contributed by atoms with Crippen LogP contribution >= 0.6 is 23.2 Å². The highest BCUT2D eigenvalue weighted by molar-refractivity contribution is 6.42. The number of anilines is 1. The van der Waals surface area contributed by atoms with E-state index in [9.17, 15) is 14.4 Å². The van der Waals surface area contributed by atoms with Crippen LogP contribution in [0.15, 0.2) is 36.4 Å². The van der Waals surface area contributed by atoms with Gasteiger partial charge in [-0.1, -0.05) is 42.3 Å². The largest absolute Gasteiger partial charge is 0.353 e. The lowest BCUT2D eigenvalue weighted by molar-refractivity contribution is -0.115. The van der Waals surface area contributed by atoms with Crippen molar-refractivity contribution in [2.75, 3.05) is 31.6 Å². The van der Waals surface area contributed by atoms with E-state index in [2.05, 4.69) is 29.8 Å². The fraction of sp³-hybridized carbons (Fsp3) is 0.385. The molecule has 1 aromatic heterocycles. The molecule has 2 heterocycles. The van der Waals surface area contributed by atoms with Crippen LogP contribution < -0.4 is 4.90 Å². The smallest absolute Gasteiger partial charge is 0.160 e. The highest BCUT2D eigenvalue weighted by atomic mass is 35.5. The molecule has 0 saturated carbocycles. The molecule has 6 nitrogen and oxygen atoms in total. The van der Waals surface area contributed by atoms with E-state index in [-0.39, 0.29) is 6.29 Å². The van der Waals surface area contributed by atoms with Crippen LogP contribution in [0.2, 0.25) is 10.0 Å². The van der Waals surface area contributed by atoms with Crippen molar-refractivity contribution in [2.45, 2.75) is 38.9 Å². The van der Waals surface area contributed by atoms with Gasteiger partial charge in [0, 0.05) is 24.7 Å². The number of alkyl halides is 1. The number of nitriles is 1. The van der Waals surface area contributed by atoms with Crippen LogP contribution in [0.1, 0.15) is 32.8 Å². The zero-order chi connectivity index (χ0) is 25.8. The molecule has 0 spiro atoms. The molecule has 2 aromatic carbocycles. The van der Waals surface area contributed by atoms with Crippen LogP contribution in [0, 0.1) is 11.3 Å². The van der Waals surface area contributed by atoms with E-state index in [1.165, 1.54) is 13.8 Å². The molecule has 1 unspecified atom stereocenters. The van der Waals surface area contributed by atoms with E-state index in [1.807, 2.05) is 18.2 Å². The Balaban J connectivity index is 0.000000509. The monoisotopic (exact) mass is 515 g/mol. The van der Waals surface area contributed by atoms with Gasteiger partial charge in [-0.25, -0.2) is 14.4 Å². The number of fused-ring (bicyclic) bond motifs is 1. The fourth-order valence-electron chi connectivity index (χ4n) is 3.74. The molecule has 1 aliphatic heterocycles. The summed E-state index contributed by atoms with van der Waals surface area (Å²) in [5.74, 6) is 0.818. The lowest BCUT2D eigenvalue weighted by Gasteiger charge is -2.24. The van der Waals surface area contributed by atoms with Crippen LogP contribution in [0.5, 0.6) is 0 Å². The number of halogens is 3. The Morgan fingerprint density at radius 1 is 1.23 bits per heavy atom. The first-order chi connectivity index (χ1) is 16.6. The number of hydrogen-bond donors (Lipinski definition) is 0. The molecule has 0 aliphatic carbocycles. The Morgan fingerprint density at radius 2 is 1.86 bits per heavy atom. The van der Waals surface area contributed by atoms with Gasteiger partial charge in [0.15, 0.2) is 17.8 Å². The zero-order valence-corrected chi connectivity index (χ0v) is 21.7. The van der Waals surface area contributed by atoms with Gasteiger partial charge in [0.25, 0.3) is 0 Å². The maximum atomic E-state index is 11.8. The Kier molecular flexibility index (Phi) is 8.65. The lowest BCUT2D eigenvalue weighted by Crippen LogP contribution is -2.34. The number of carbonyl (C=O) groups excluding carboxylic acids is 1. The standard InChI is InChI=1S/C22H21Cl2N5.C4H7FO/c1-3-28(2)16-7-8-29(13-16)22-21(15-6-4-5-14(9-15)12-25)26-19-10-17(23)18(24)11-20(19)27-22;1-4(2,5)3-6/h4-6,9-11,16H,3,7-8,13H2,1-2H3;3H,1-2H3. The van der Waals surface area contributed by atoms with Crippen molar-refractivity contribution in [3.8, 4) is 17.3 Å². The summed E-state index contributed by atoms with van der Waals surface area (Å²) in [5, 5.41) is 10.2. The van der Waals surface area contributed by atoms with E-state index in [0.29, 0.717) is 32.7 Å². The molecule has 0 bridgehead atoms. The molecule has 9 heteroatoms. The van der Waals surface area contributed by atoms with Gasteiger partial charge in [0.1, 0.15) is 5.69 Å². The minimum Gasteiger partial charge on any atom is -0.353 e. The molecule has 1 aliphatic rings. The van der Waals surface area contributed by atoms with Crippen molar-refractivity contribution >= 4 is 46.3 Å². The van der Waals surface area contributed by atoms with Crippen LogP contribution in [0.3, 0.4) is 0 Å². The average Bonchev–Trinajstić information content (AvgIpc) is 3.34. The number of carbonyl (C=O) groups is 1. The second kappa shape index (κ2) is 11.3. The van der Waals surface area contributed by atoms with E-state index >= 15 is 0 Å². The summed E-state index contributed by atoms with van der Waals surface area (Å²) in [6.45, 7) is 7.38. The highest BCUT2D eigenvalue weighted by Gasteiger charge is 2.28. The molecule has 1 fully saturated rings. The second-order valence-corrected chi connectivity index (χ2v) is 9.80. The zero-order valence-electron chi connectivity index (χ0n) is 20.2. The molecule has 1 saturated heterocycles. The number of aldehydes is 1. The highest BCUT2D eigenvalue weighted by Crippen LogP contribution is 2.35. The molecule has 184 valence electrons. The minimum atomic E-state index is -1.64. The average molecular weight is 516 g/mol. The molecule has 3 aromatic rings. The normalized spacial score (nSPS) is 15.6. The van der Waals surface area contributed by atoms with Crippen LogP contribution in [-0.2, 0) is 4.79 Å². The number of benzene rings is 2. The molecular weight excluding hydrogens is 488 g/mol. The predicted octanol–water partition coefficient (Wildman–Crippen LogP) is 5.94. The quantitative estimate of drug-likeness (QED) is 0.391. The van der Waals surface area contributed by atoms with Crippen LogP contribution in [0.4, 0.5) is 10.2 Å². The molecule has 0 amide bonds. The van der Waals surface area contributed by atoms with Gasteiger partial charge in [0.05, 0.1) is 32.7 Å². The number of rotatable bonds is 5. The Hall–Kier alpha value is -2.79. The molecular formula is C26H28Cl2FN5O. The number of likely N-dealkylation sites (N-methyl/N-ethyl adjacent to an activating group) is 1. The van der Waals surface area contributed by atoms with Crippen molar-refractivity contribution in [2.24, 2.45) is 0 Å². The van der Waals surface area contributed by atoms with Gasteiger partial charge in [0.2, 0.25) is 0 Å². The number of hydrogen-bond acceptors (Lipinski definition) is 6. The summed E-state index contributed by atoms with van der Waals surface area (Å²) in [5.41, 5.74) is 1.97. The fourth-order valence-corrected chi connectivity index (χ4v) is 4.06. The second-order valence-electron chi connectivity index (χ2n) is 8.99. The molecule has 35 heavy (non-hydrogen) atoms. The maximum absolute atomic E-state index is 11.8. The van der Waals surface area contributed by atoms with Crippen LogP contribution in [-0.4, -0.2) is 59.5 Å². The van der Waals surface area contributed by atoms with Crippen molar-refractivity contribution < 1.29 is 9.18 Å². The molecule has 0 radical (unpaired) electrons. The summed E-state index contributed by atoms with van der Waals surface area (Å²) in [4.78, 5) is 23.9. The molecule has 0 N–H and O–H groups in total. The van der Waals surface area contributed by atoms with Crippen LogP contribution in [0.25, 0.3) is 22.3 Å². The predicted molar refractivity (Wildman–Crippen MR) is 140 cm³/mol. The summed E-state index contributed by atoms with van der Waals surface area (Å²) in [6, 6.07) is 13.7. The SMILES string of the molecule is CC(C)(F)C=O.CCN(C)C1CCN(c2nc3cc(Cl)c(Cl)cc3nc2-c2cccc(C#N)c2)C1. The van der Waals surface area contributed by atoms with Gasteiger partial charge >= 0.3 is 0 Å². The summed E-state index contributed by atoms with van der Waals surface area (Å²) in [7, 11) is 2.15. The van der Waals surface area contributed by atoms with Gasteiger partial charge in [-0.15, -0.1) is 0 Å². The molecule has 1 atom stereocenters. The van der Waals surface area contributed by atoms with Gasteiger partial charge in [-0.05, 0) is 58.1 Å². The van der Waals surface area contributed by atoms with Crippen molar-refractivity contribution in [1.82, 2.24) is 14.9 Å². The first-order valence-electron chi connectivity index (χ1n) is 11.3. The topological polar surface area (TPSA) is 73.1 Å². The lowest BCUT2D eigenvalue weighted by atomic mass is 10.1. The third-order valence-corrected chi connectivity index (χ3v) is 6.54. The number of nitrogens with zero attached hydrogens (tertiary/aromatic N) is 5. The van der Waals surface area contributed by atoms with Gasteiger partial charge < -0.3 is 9.80 Å². The van der Waals surface area contributed by atoms with E-state index in [4.69, 9.17) is 33.2 Å². The Bertz CT molecular complexity index is 1250. The minimum absolute atomic E-state index is 0.271. The van der Waals surface area contributed by atoms with Gasteiger partial charge in [-0.3, -0.25) is 4.79 Å². The maximum Gasteiger partial charge on any atom is 0.160 e. The van der Waals surface area contributed by atoms with Crippen molar-refractivity contribution in [1.29, 1.82) is 5.26 Å². The van der Waals surface area contributed by atoms with Crippen molar-refractivity contribution in [3.05, 3.63) is 52.0 Å². The summed E-state index contributed by atoms with van der Waals surface area (Å²) >= 11 is 12.4. The van der Waals surface area contributed by atoms with E-state index in [1.54, 1.807) is 18.2 Å². The third-order valence-electron chi connectivity index (χ3n) is 5.82. The summed E-state index contributed by atoms with van der Waals surface area (Å²) in [6.07, 6.45) is 1.34.